The number of aliphatic hydroxyl groups is 1. The number of nitrogens with one attached hydrogen (secondary N) is 1. The van der Waals surface area contributed by atoms with Gasteiger partial charge < -0.3 is 10.4 Å². The van der Waals surface area contributed by atoms with E-state index in [1.54, 1.807) is 0 Å². The maximum absolute atomic E-state index is 9.18. The van der Waals surface area contributed by atoms with Gasteiger partial charge in [0.1, 0.15) is 0 Å². The lowest BCUT2D eigenvalue weighted by Crippen LogP contribution is -2.28. The molecule has 2 atom stereocenters. The molecule has 0 aliphatic carbocycles. The van der Waals surface area contributed by atoms with E-state index in [-0.39, 0.29) is 6.10 Å². The van der Waals surface area contributed by atoms with Gasteiger partial charge in [-0.2, -0.15) is 0 Å². The Labute approximate surface area is 86.0 Å². The molecule has 0 radical (unpaired) electrons. The second kappa shape index (κ2) is 5.78. The van der Waals surface area contributed by atoms with Crippen molar-refractivity contribution in [3.63, 3.8) is 0 Å². The highest BCUT2D eigenvalue weighted by atomic mass is 16.3. The summed E-state index contributed by atoms with van der Waals surface area (Å²) in [4.78, 5) is 0. The molecule has 1 aromatic rings. The number of aliphatic hydroxyl groups excluding tert-OH is 1. The minimum atomic E-state index is -0.228. The molecule has 0 spiro atoms. The van der Waals surface area contributed by atoms with E-state index in [1.165, 1.54) is 5.56 Å². The summed E-state index contributed by atoms with van der Waals surface area (Å²) in [5.41, 5.74) is 1.28. The first-order chi connectivity index (χ1) is 6.68. The fourth-order valence-corrected chi connectivity index (χ4v) is 1.48. The van der Waals surface area contributed by atoms with Crippen LogP contribution in [0.3, 0.4) is 0 Å². The molecule has 14 heavy (non-hydrogen) atoms. The van der Waals surface area contributed by atoms with Gasteiger partial charge in [0.15, 0.2) is 0 Å². The maximum atomic E-state index is 9.18. The summed E-state index contributed by atoms with van der Waals surface area (Å²) in [7, 11) is 0. The first-order valence-corrected chi connectivity index (χ1v) is 5.14. The third kappa shape index (κ3) is 4.40. The molecule has 0 saturated heterocycles. The first kappa shape index (κ1) is 11.2. The van der Waals surface area contributed by atoms with Crippen LogP contribution in [0.25, 0.3) is 0 Å². The summed E-state index contributed by atoms with van der Waals surface area (Å²) >= 11 is 0. The third-order valence-corrected chi connectivity index (χ3v) is 2.19. The number of rotatable bonds is 5. The Morgan fingerprint density at radius 1 is 1.21 bits per heavy atom. The highest BCUT2D eigenvalue weighted by Crippen LogP contribution is 2.01. The van der Waals surface area contributed by atoms with Gasteiger partial charge in [0, 0.05) is 12.6 Å². The summed E-state index contributed by atoms with van der Waals surface area (Å²) in [6, 6.07) is 10.6. The fourth-order valence-electron chi connectivity index (χ4n) is 1.48. The van der Waals surface area contributed by atoms with Crippen LogP contribution in [0.15, 0.2) is 30.3 Å². The van der Waals surface area contributed by atoms with E-state index in [9.17, 15) is 5.11 Å². The van der Waals surface area contributed by atoms with Crippen molar-refractivity contribution in [2.24, 2.45) is 0 Å². The van der Waals surface area contributed by atoms with E-state index >= 15 is 0 Å². The van der Waals surface area contributed by atoms with Gasteiger partial charge in [-0.05, 0) is 25.8 Å². The smallest absolute Gasteiger partial charge is 0.0526 e. The Bertz CT molecular complexity index is 246. The predicted molar refractivity (Wildman–Crippen MR) is 59.0 cm³/mol. The van der Waals surface area contributed by atoms with Gasteiger partial charge in [-0.1, -0.05) is 30.3 Å². The van der Waals surface area contributed by atoms with E-state index in [0.717, 1.165) is 13.0 Å². The summed E-state index contributed by atoms with van der Waals surface area (Å²) in [5.74, 6) is 0. The zero-order valence-corrected chi connectivity index (χ0v) is 8.90. The Morgan fingerprint density at radius 2 is 1.86 bits per heavy atom. The number of benzene rings is 1. The molecule has 2 heteroatoms. The van der Waals surface area contributed by atoms with Crippen LogP contribution in [0.5, 0.6) is 0 Å². The van der Waals surface area contributed by atoms with Crippen molar-refractivity contribution in [3.8, 4) is 0 Å². The van der Waals surface area contributed by atoms with Gasteiger partial charge in [-0.25, -0.2) is 0 Å². The Hall–Kier alpha value is -0.860. The molecule has 0 aliphatic rings. The molecule has 0 amide bonds. The number of hydrogen-bond acceptors (Lipinski definition) is 2. The Morgan fingerprint density at radius 3 is 2.43 bits per heavy atom. The average molecular weight is 193 g/mol. The monoisotopic (exact) mass is 193 g/mol. The molecule has 0 bridgehead atoms. The largest absolute Gasteiger partial charge is 0.393 e. The third-order valence-electron chi connectivity index (χ3n) is 2.19. The van der Waals surface area contributed by atoms with Gasteiger partial charge in [0.2, 0.25) is 0 Å². The van der Waals surface area contributed by atoms with Gasteiger partial charge in [-0.15, -0.1) is 0 Å². The normalized spacial score (nSPS) is 15.1. The van der Waals surface area contributed by atoms with Crippen molar-refractivity contribution in [1.82, 2.24) is 5.32 Å². The van der Waals surface area contributed by atoms with Crippen molar-refractivity contribution < 1.29 is 5.11 Å². The molecule has 0 aromatic heterocycles. The fraction of sp³-hybridized carbons (Fsp3) is 0.500. The summed E-state index contributed by atoms with van der Waals surface area (Å²) in [6.45, 7) is 4.78. The van der Waals surface area contributed by atoms with E-state index in [0.29, 0.717) is 6.04 Å². The molecule has 2 N–H and O–H groups in total. The zero-order valence-electron chi connectivity index (χ0n) is 8.90. The predicted octanol–water partition coefficient (Wildman–Crippen LogP) is 1.94. The maximum Gasteiger partial charge on any atom is 0.0526 e. The molecule has 1 rings (SSSR count). The highest BCUT2D eigenvalue weighted by molar-refractivity contribution is 5.14. The van der Waals surface area contributed by atoms with Crippen LogP contribution >= 0.6 is 0 Å². The van der Waals surface area contributed by atoms with Crippen molar-refractivity contribution in [2.45, 2.75) is 39.0 Å². The molecular weight excluding hydrogens is 174 g/mol. The minimum Gasteiger partial charge on any atom is -0.393 e. The van der Waals surface area contributed by atoms with E-state index in [1.807, 2.05) is 25.1 Å². The molecule has 2 unspecified atom stereocenters. The molecule has 0 saturated carbocycles. The average Bonchev–Trinajstić information content (AvgIpc) is 2.15. The lowest BCUT2D eigenvalue weighted by atomic mass is 10.1. The lowest BCUT2D eigenvalue weighted by molar-refractivity contribution is 0.170. The van der Waals surface area contributed by atoms with Crippen LogP contribution in [0.1, 0.15) is 25.8 Å². The van der Waals surface area contributed by atoms with Crippen molar-refractivity contribution in [1.29, 1.82) is 0 Å². The Kier molecular flexibility index (Phi) is 4.63. The SMILES string of the molecule is CC(O)CC(C)NCc1ccccc1. The van der Waals surface area contributed by atoms with Crippen molar-refractivity contribution >= 4 is 0 Å². The van der Waals surface area contributed by atoms with Crippen LogP contribution < -0.4 is 5.32 Å². The second-order valence-electron chi connectivity index (χ2n) is 3.85. The van der Waals surface area contributed by atoms with Crippen LogP contribution in [0.2, 0.25) is 0 Å². The van der Waals surface area contributed by atoms with E-state index in [4.69, 9.17) is 0 Å². The van der Waals surface area contributed by atoms with Gasteiger partial charge in [0.25, 0.3) is 0 Å². The standard InChI is InChI=1S/C12H19NO/c1-10(8-11(2)14)13-9-12-6-4-3-5-7-12/h3-7,10-11,13-14H,8-9H2,1-2H3. The van der Waals surface area contributed by atoms with E-state index < -0.39 is 0 Å². The molecule has 2 nitrogen and oxygen atoms in total. The quantitative estimate of drug-likeness (QED) is 0.749. The molecule has 1 aromatic carbocycles. The van der Waals surface area contributed by atoms with Gasteiger partial charge in [0.05, 0.1) is 6.10 Å². The van der Waals surface area contributed by atoms with Gasteiger partial charge in [-0.3, -0.25) is 0 Å². The van der Waals surface area contributed by atoms with Gasteiger partial charge >= 0.3 is 0 Å². The van der Waals surface area contributed by atoms with Crippen LogP contribution in [0.4, 0.5) is 0 Å². The second-order valence-corrected chi connectivity index (χ2v) is 3.85. The number of hydrogen-bond donors (Lipinski definition) is 2. The van der Waals surface area contributed by atoms with Crippen molar-refractivity contribution in [3.05, 3.63) is 35.9 Å². The molecule has 78 valence electrons. The minimum absolute atomic E-state index is 0.228. The molecular formula is C12H19NO. The van der Waals surface area contributed by atoms with E-state index in [2.05, 4.69) is 24.4 Å². The molecule has 0 fully saturated rings. The summed E-state index contributed by atoms with van der Waals surface area (Å²) in [6.07, 6.45) is 0.570. The molecule has 0 heterocycles. The van der Waals surface area contributed by atoms with Crippen LogP contribution in [0, 0.1) is 0 Å². The first-order valence-electron chi connectivity index (χ1n) is 5.14. The topological polar surface area (TPSA) is 32.3 Å². The summed E-state index contributed by atoms with van der Waals surface area (Å²) in [5, 5.41) is 12.6. The van der Waals surface area contributed by atoms with Crippen LogP contribution in [-0.2, 0) is 6.54 Å². The van der Waals surface area contributed by atoms with Crippen LogP contribution in [-0.4, -0.2) is 17.3 Å². The highest BCUT2D eigenvalue weighted by Gasteiger charge is 2.04. The molecule has 0 aliphatic heterocycles. The Balaban J connectivity index is 2.27. The summed E-state index contributed by atoms with van der Waals surface area (Å²) < 4.78 is 0. The lowest BCUT2D eigenvalue weighted by Gasteiger charge is -2.15. The zero-order chi connectivity index (χ0) is 10.4. The van der Waals surface area contributed by atoms with Crippen molar-refractivity contribution in [2.75, 3.05) is 0 Å².